The topological polar surface area (TPSA) is 110 Å². The number of hydrogen-bond donors (Lipinski definition) is 2. The van der Waals surface area contributed by atoms with Crippen LogP contribution in [0.15, 0.2) is 10.9 Å². The average molecular weight is 382 g/mol. The first kappa shape index (κ1) is 17.5. The molecule has 0 bridgehead atoms. The number of fused-ring (bicyclic) bond motifs is 2. The molecule has 8 heteroatoms. The lowest BCUT2D eigenvalue weighted by molar-refractivity contribution is -0.134. The third-order valence-corrected chi connectivity index (χ3v) is 6.50. The molecule has 2 aromatic heterocycles. The van der Waals surface area contributed by atoms with E-state index in [0.717, 1.165) is 67.8 Å². The molecule has 0 aromatic carbocycles. The number of H-pyrrole nitrogens is 1. The van der Waals surface area contributed by atoms with Crippen molar-refractivity contribution in [1.29, 1.82) is 0 Å². The number of carbonyl (C=O) groups excluding carboxylic acids is 1. The summed E-state index contributed by atoms with van der Waals surface area (Å²) >= 11 is 0. The van der Waals surface area contributed by atoms with Crippen molar-refractivity contribution in [2.24, 2.45) is 0 Å². The Bertz CT molecular complexity index is 1000. The highest BCUT2D eigenvalue weighted by Gasteiger charge is 2.46. The minimum absolute atomic E-state index is 0.0204. The van der Waals surface area contributed by atoms with Crippen LogP contribution in [0.3, 0.4) is 0 Å². The summed E-state index contributed by atoms with van der Waals surface area (Å²) < 4.78 is 1.57. The number of amides is 1. The van der Waals surface area contributed by atoms with Crippen LogP contribution in [0.4, 0.5) is 5.82 Å². The van der Waals surface area contributed by atoms with Crippen LogP contribution in [0.5, 0.6) is 0 Å². The van der Waals surface area contributed by atoms with Crippen LogP contribution in [-0.2, 0) is 23.2 Å². The van der Waals surface area contributed by atoms with Gasteiger partial charge in [-0.1, -0.05) is 0 Å². The molecular weight excluding hydrogens is 356 g/mol. The van der Waals surface area contributed by atoms with E-state index in [1.54, 1.807) is 10.7 Å². The summed E-state index contributed by atoms with van der Waals surface area (Å²) in [6.45, 7) is 3.37. The molecule has 1 amide bonds. The minimum atomic E-state index is -0.188. The number of rotatable bonds is 3. The smallest absolute Gasteiger partial charge is 0.254 e. The van der Waals surface area contributed by atoms with Gasteiger partial charge in [0.1, 0.15) is 18.2 Å². The third kappa shape index (κ3) is 2.82. The van der Waals surface area contributed by atoms with E-state index in [-0.39, 0.29) is 23.4 Å². The Balaban J connectivity index is 1.41. The lowest BCUT2D eigenvalue weighted by Crippen LogP contribution is -2.49. The average Bonchev–Trinajstić information content (AvgIpc) is 3.39. The van der Waals surface area contributed by atoms with Crippen molar-refractivity contribution in [1.82, 2.24) is 24.6 Å². The maximum absolute atomic E-state index is 13.0. The first-order valence-electron chi connectivity index (χ1n) is 10.2. The molecule has 2 aliphatic carbocycles. The number of nitrogens with two attached hydrogens (primary N) is 1. The van der Waals surface area contributed by atoms with Crippen LogP contribution < -0.4 is 11.3 Å². The summed E-state index contributed by atoms with van der Waals surface area (Å²) in [6, 6.07) is 1.77. The molecule has 1 unspecified atom stereocenters. The highest BCUT2D eigenvalue weighted by molar-refractivity contribution is 5.76. The molecule has 2 aromatic rings. The molecule has 1 saturated carbocycles. The third-order valence-electron chi connectivity index (χ3n) is 6.50. The second kappa shape index (κ2) is 6.18. The molecule has 3 heterocycles. The minimum Gasteiger partial charge on any atom is -0.384 e. The molecule has 1 spiro atoms. The molecular formula is C20H26N6O2. The lowest BCUT2D eigenvalue weighted by Gasteiger charge is -2.40. The van der Waals surface area contributed by atoms with Crippen molar-refractivity contribution < 1.29 is 4.79 Å². The van der Waals surface area contributed by atoms with E-state index in [1.165, 1.54) is 0 Å². The van der Waals surface area contributed by atoms with E-state index in [0.29, 0.717) is 18.3 Å². The van der Waals surface area contributed by atoms with Crippen molar-refractivity contribution in [3.63, 3.8) is 0 Å². The zero-order valence-electron chi connectivity index (χ0n) is 16.2. The molecule has 2 fully saturated rings. The molecule has 1 aliphatic heterocycles. The summed E-state index contributed by atoms with van der Waals surface area (Å²) in [4.78, 5) is 35.4. The fraction of sp³-hybridized carbons (Fsp3) is 0.600. The van der Waals surface area contributed by atoms with Crippen LogP contribution in [0.25, 0.3) is 0 Å². The molecule has 3 N–H and O–H groups in total. The predicted molar refractivity (Wildman–Crippen MR) is 104 cm³/mol. The van der Waals surface area contributed by atoms with Gasteiger partial charge in [-0.25, -0.2) is 9.67 Å². The van der Waals surface area contributed by atoms with Gasteiger partial charge in [-0.3, -0.25) is 9.59 Å². The summed E-state index contributed by atoms with van der Waals surface area (Å²) in [5, 5.41) is 4.31. The Hall–Kier alpha value is -2.64. The number of nitrogens with zero attached hydrogens (tertiary/aromatic N) is 4. The van der Waals surface area contributed by atoms with Gasteiger partial charge < -0.3 is 15.6 Å². The number of aromatic amines is 1. The predicted octanol–water partition coefficient (Wildman–Crippen LogP) is 1.24. The van der Waals surface area contributed by atoms with Crippen LogP contribution in [0, 0.1) is 6.92 Å². The number of nitrogens with one attached hydrogen (secondary N) is 1. The van der Waals surface area contributed by atoms with E-state index in [2.05, 4.69) is 10.1 Å². The molecule has 5 rings (SSSR count). The van der Waals surface area contributed by atoms with E-state index in [9.17, 15) is 9.59 Å². The second-order valence-electron chi connectivity index (χ2n) is 8.62. The second-order valence-corrected chi connectivity index (χ2v) is 8.62. The van der Waals surface area contributed by atoms with Gasteiger partial charge in [0.25, 0.3) is 5.56 Å². The molecule has 8 nitrogen and oxygen atoms in total. The maximum atomic E-state index is 13.0. The Kier molecular flexibility index (Phi) is 3.86. The molecule has 148 valence electrons. The van der Waals surface area contributed by atoms with Gasteiger partial charge in [-0.05, 0) is 45.4 Å². The standard InChI is InChI=1S/C20H26N6O2/c1-12-9-15(21)26(24-12)10-16(27)25-8-2-6-20(11-25)7-5-14-17(20)22-18(13-3-4-13)23-19(14)28/h9,13H,2-8,10-11,21H2,1H3,(H,22,23,28). The van der Waals surface area contributed by atoms with Crippen molar-refractivity contribution in [3.8, 4) is 0 Å². The first-order chi connectivity index (χ1) is 13.4. The molecule has 0 radical (unpaired) electrons. The monoisotopic (exact) mass is 382 g/mol. The number of aromatic nitrogens is 4. The highest BCUT2D eigenvalue weighted by atomic mass is 16.2. The number of piperidine rings is 1. The number of hydrogen-bond acceptors (Lipinski definition) is 5. The Morgan fingerprint density at radius 2 is 2.21 bits per heavy atom. The SMILES string of the molecule is Cc1cc(N)n(CC(=O)N2CCCC3(CCc4c3nc(C3CC3)[nH]c4=O)C2)n1. The van der Waals surface area contributed by atoms with Gasteiger partial charge in [0.2, 0.25) is 5.91 Å². The number of anilines is 1. The Labute approximate surface area is 163 Å². The van der Waals surface area contributed by atoms with Gasteiger partial charge in [0.15, 0.2) is 0 Å². The van der Waals surface area contributed by atoms with Gasteiger partial charge in [-0.2, -0.15) is 5.10 Å². The van der Waals surface area contributed by atoms with Gasteiger partial charge in [-0.15, -0.1) is 0 Å². The van der Waals surface area contributed by atoms with Crippen LogP contribution in [-0.4, -0.2) is 43.6 Å². The van der Waals surface area contributed by atoms with Crippen molar-refractivity contribution in [2.75, 3.05) is 18.8 Å². The molecule has 1 atom stereocenters. The Morgan fingerprint density at radius 1 is 1.39 bits per heavy atom. The number of nitrogen functional groups attached to an aromatic ring is 1. The Morgan fingerprint density at radius 3 is 2.93 bits per heavy atom. The summed E-state index contributed by atoms with van der Waals surface area (Å²) in [6.07, 6.45) is 5.74. The summed E-state index contributed by atoms with van der Waals surface area (Å²) in [5.41, 5.74) is 8.36. The highest BCUT2D eigenvalue weighted by Crippen LogP contribution is 2.45. The maximum Gasteiger partial charge on any atom is 0.254 e. The van der Waals surface area contributed by atoms with Gasteiger partial charge >= 0.3 is 0 Å². The normalized spacial score (nSPS) is 24.0. The van der Waals surface area contributed by atoms with Gasteiger partial charge in [0, 0.05) is 36.1 Å². The van der Waals surface area contributed by atoms with E-state index in [1.807, 2.05) is 11.8 Å². The van der Waals surface area contributed by atoms with Crippen LogP contribution >= 0.6 is 0 Å². The van der Waals surface area contributed by atoms with E-state index < -0.39 is 0 Å². The quantitative estimate of drug-likeness (QED) is 0.830. The fourth-order valence-corrected chi connectivity index (χ4v) is 4.88. The van der Waals surface area contributed by atoms with Crippen LogP contribution in [0.1, 0.15) is 60.8 Å². The first-order valence-corrected chi connectivity index (χ1v) is 10.2. The molecule has 28 heavy (non-hydrogen) atoms. The zero-order chi connectivity index (χ0) is 19.5. The number of aryl methyl sites for hydroxylation is 1. The van der Waals surface area contributed by atoms with Crippen molar-refractivity contribution in [3.05, 3.63) is 39.2 Å². The van der Waals surface area contributed by atoms with E-state index >= 15 is 0 Å². The molecule has 1 saturated heterocycles. The summed E-state index contributed by atoms with van der Waals surface area (Å²) in [5.74, 6) is 1.77. The summed E-state index contributed by atoms with van der Waals surface area (Å²) in [7, 11) is 0. The zero-order valence-corrected chi connectivity index (χ0v) is 16.2. The molecule has 3 aliphatic rings. The largest absolute Gasteiger partial charge is 0.384 e. The van der Waals surface area contributed by atoms with Gasteiger partial charge in [0.05, 0.1) is 11.4 Å². The van der Waals surface area contributed by atoms with Crippen molar-refractivity contribution in [2.45, 2.75) is 63.3 Å². The number of likely N-dealkylation sites (tertiary alicyclic amines) is 1. The van der Waals surface area contributed by atoms with Crippen molar-refractivity contribution >= 4 is 11.7 Å². The van der Waals surface area contributed by atoms with E-state index in [4.69, 9.17) is 10.7 Å². The fourth-order valence-electron chi connectivity index (χ4n) is 4.88. The van der Waals surface area contributed by atoms with Crippen LogP contribution in [0.2, 0.25) is 0 Å². The lowest BCUT2D eigenvalue weighted by atomic mass is 9.77. The number of carbonyl (C=O) groups is 1.